The van der Waals surface area contributed by atoms with Gasteiger partial charge in [-0.15, -0.1) is 0 Å². The van der Waals surface area contributed by atoms with Gasteiger partial charge in [0.2, 0.25) is 0 Å². The molecule has 0 spiro atoms. The van der Waals surface area contributed by atoms with E-state index < -0.39 is 0 Å². The summed E-state index contributed by atoms with van der Waals surface area (Å²) in [6.07, 6.45) is 7.72. The van der Waals surface area contributed by atoms with Gasteiger partial charge in [0.25, 0.3) is 0 Å². The van der Waals surface area contributed by atoms with E-state index in [-0.39, 0.29) is 0 Å². The van der Waals surface area contributed by atoms with Crippen molar-refractivity contribution in [3.05, 3.63) is 135 Å². The Bertz CT molecular complexity index is 1460. The van der Waals surface area contributed by atoms with E-state index in [1.54, 1.807) is 0 Å². The predicted molar refractivity (Wildman–Crippen MR) is 156 cm³/mol. The summed E-state index contributed by atoms with van der Waals surface area (Å²) in [6.45, 7) is 2.63. The normalized spacial score (nSPS) is 19.9. The Morgan fingerprint density at radius 2 is 1.78 bits per heavy atom. The second-order valence-electron chi connectivity index (χ2n) is 9.88. The van der Waals surface area contributed by atoms with Crippen molar-refractivity contribution < 1.29 is 4.74 Å². The Balaban J connectivity index is 1.12. The molecule has 0 bridgehead atoms. The number of aryl methyl sites for hydroxylation is 1. The van der Waals surface area contributed by atoms with Crippen LogP contribution in [0, 0.1) is 12.8 Å². The fourth-order valence-electron chi connectivity index (χ4n) is 5.35. The Morgan fingerprint density at radius 3 is 2.59 bits per heavy atom. The largest absolute Gasteiger partial charge is 0.488 e. The number of ether oxygens (including phenoxy) is 1. The van der Waals surface area contributed by atoms with Crippen molar-refractivity contribution in [3.63, 3.8) is 0 Å². The molecule has 2 aliphatic rings. The van der Waals surface area contributed by atoms with E-state index in [4.69, 9.17) is 9.73 Å². The number of nitrogens with one attached hydrogen (secondary N) is 1. The summed E-state index contributed by atoms with van der Waals surface area (Å²) in [5, 5.41) is 3.80. The minimum Gasteiger partial charge on any atom is -0.488 e. The molecule has 6 rings (SSSR count). The number of rotatable bonds is 6. The Labute approximate surface area is 227 Å². The van der Waals surface area contributed by atoms with Crippen LogP contribution in [0.1, 0.15) is 46.2 Å². The highest BCUT2D eigenvalue weighted by Gasteiger charge is 2.37. The SMILES string of the molecule is Cc1ccc(COc2ccc(C=Nc3ccc([C@@H]4Nc5ccccc5[C@H]5C=CC[C@@H]54)cc3)cc2Br)cc1. The number of fused-ring (bicyclic) bond motifs is 3. The number of allylic oxidation sites excluding steroid dienone is 2. The van der Waals surface area contributed by atoms with Crippen LogP contribution in [0.4, 0.5) is 11.4 Å². The van der Waals surface area contributed by atoms with E-state index in [0.29, 0.717) is 24.5 Å². The number of para-hydroxylation sites is 1. The van der Waals surface area contributed by atoms with Crippen molar-refractivity contribution in [1.29, 1.82) is 0 Å². The van der Waals surface area contributed by atoms with E-state index in [9.17, 15) is 0 Å². The number of aliphatic imine (C=N–C) groups is 1. The molecule has 4 heteroatoms. The van der Waals surface area contributed by atoms with E-state index in [0.717, 1.165) is 33.5 Å². The molecule has 1 aliphatic carbocycles. The standard InChI is InChI=1S/C33H29BrN2O/c1-22-9-11-23(12-10-22)21-37-32-18-13-24(19-30(32)34)20-35-26-16-14-25(15-17-26)33-29-7-4-6-27(29)28-5-2-3-8-31(28)36-33/h2-6,8-20,27,29,33,36H,7,21H2,1H3/t27-,29+,33+/m1/s1. The van der Waals surface area contributed by atoms with Gasteiger partial charge >= 0.3 is 0 Å². The molecule has 37 heavy (non-hydrogen) atoms. The molecule has 3 atom stereocenters. The third-order valence-corrected chi connectivity index (χ3v) is 7.98. The monoisotopic (exact) mass is 548 g/mol. The lowest BCUT2D eigenvalue weighted by Crippen LogP contribution is -2.28. The molecule has 0 fully saturated rings. The first-order valence-electron chi connectivity index (χ1n) is 12.8. The third kappa shape index (κ3) is 5.12. The van der Waals surface area contributed by atoms with Crippen molar-refractivity contribution in [2.45, 2.75) is 31.9 Å². The Kier molecular flexibility index (Phi) is 6.67. The molecular formula is C33H29BrN2O. The summed E-state index contributed by atoms with van der Waals surface area (Å²) in [7, 11) is 0. The van der Waals surface area contributed by atoms with Gasteiger partial charge in [-0.25, -0.2) is 0 Å². The van der Waals surface area contributed by atoms with Crippen LogP contribution in [0.2, 0.25) is 0 Å². The van der Waals surface area contributed by atoms with E-state index in [1.165, 1.54) is 22.4 Å². The number of benzene rings is 4. The quantitative estimate of drug-likeness (QED) is 0.192. The molecule has 0 saturated heterocycles. The average molecular weight is 550 g/mol. The second-order valence-corrected chi connectivity index (χ2v) is 10.7. The van der Waals surface area contributed by atoms with Gasteiger partial charge in [-0.05, 0) is 93.8 Å². The second kappa shape index (κ2) is 10.4. The number of anilines is 1. The van der Waals surface area contributed by atoms with Crippen LogP contribution in [0.3, 0.4) is 0 Å². The van der Waals surface area contributed by atoms with Crippen molar-refractivity contribution in [3.8, 4) is 5.75 Å². The molecule has 3 nitrogen and oxygen atoms in total. The number of halogens is 1. The molecule has 0 amide bonds. The number of hydrogen-bond donors (Lipinski definition) is 1. The minimum absolute atomic E-state index is 0.302. The summed E-state index contributed by atoms with van der Waals surface area (Å²) in [5.41, 5.74) is 8.33. The smallest absolute Gasteiger partial charge is 0.134 e. The summed E-state index contributed by atoms with van der Waals surface area (Å²) in [4.78, 5) is 4.72. The lowest BCUT2D eigenvalue weighted by Gasteiger charge is -2.37. The van der Waals surface area contributed by atoms with E-state index in [1.807, 2.05) is 24.4 Å². The van der Waals surface area contributed by atoms with E-state index >= 15 is 0 Å². The highest BCUT2D eigenvalue weighted by Crippen LogP contribution is 2.49. The predicted octanol–water partition coefficient (Wildman–Crippen LogP) is 8.91. The van der Waals surface area contributed by atoms with Gasteiger partial charge in [-0.1, -0.05) is 72.3 Å². The maximum absolute atomic E-state index is 6.00. The molecule has 4 aromatic carbocycles. The molecule has 184 valence electrons. The van der Waals surface area contributed by atoms with Gasteiger partial charge < -0.3 is 10.1 Å². The van der Waals surface area contributed by atoms with Gasteiger partial charge in [0.05, 0.1) is 16.2 Å². The van der Waals surface area contributed by atoms with Crippen molar-refractivity contribution >= 4 is 33.5 Å². The first kappa shape index (κ1) is 23.7. The maximum atomic E-state index is 6.00. The summed E-state index contributed by atoms with van der Waals surface area (Å²) in [6, 6.07) is 32.1. The summed E-state index contributed by atoms with van der Waals surface area (Å²) in [5.74, 6) is 1.86. The molecule has 1 heterocycles. The molecule has 1 N–H and O–H groups in total. The highest BCUT2D eigenvalue weighted by molar-refractivity contribution is 9.10. The lowest BCUT2D eigenvalue weighted by molar-refractivity contribution is 0.304. The van der Waals surface area contributed by atoms with Crippen LogP contribution in [-0.2, 0) is 6.61 Å². The first-order valence-corrected chi connectivity index (χ1v) is 13.6. The molecule has 0 aromatic heterocycles. The molecule has 0 unspecified atom stereocenters. The van der Waals surface area contributed by atoms with E-state index in [2.05, 4.69) is 113 Å². The lowest BCUT2D eigenvalue weighted by atomic mass is 9.77. The first-order chi connectivity index (χ1) is 18.1. The molecule has 4 aromatic rings. The summed E-state index contributed by atoms with van der Waals surface area (Å²) < 4.78 is 6.92. The van der Waals surface area contributed by atoms with Crippen LogP contribution >= 0.6 is 15.9 Å². The van der Waals surface area contributed by atoms with Gasteiger partial charge in [-0.2, -0.15) is 0 Å². The zero-order valence-electron chi connectivity index (χ0n) is 20.8. The zero-order chi connectivity index (χ0) is 25.2. The summed E-state index contributed by atoms with van der Waals surface area (Å²) >= 11 is 3.65. The van der Waals surface area contributed by atoms with Crippen LogP contribution in [-0.4, -0.2) is 6.21 Å². The van der Waals surface area contributed by atoms with Gasteiger partial charge in [-0.3, -0.25) is 4.99 Å². The number of hydrogen-bond acceptors (Lipinski definition) is 3. The van der Waals surface area contributed by atoms with Crippen LogP contribution in [0.5, 0.6) is 5.75 Å². The maximum Gasteiger partial charge on any atom is 0.134 e. The molecular weight excluding hydrogens is 520 g/mol. The molecule has 1 aliphatic heterocycles. The van der Waals surface area contributed by atoms with Crippen molar-refractivity contribution in [2.24, 2.45) is 10.9 Å². The topological polar surface area (TPSA) is 33.6 Å². The number of nitrogens with zero attached hydrogens (tertiary/aromatic N) is 1. The minimum atomic E-state index is 0.302. The Hall–Kier alpha value is -3.63. The van der Waals surface area contributed by atoms with Crippen LogP contribution in [0.25, 0.3) is 0 Å². The molecule has 0 radical (unpaired) electrons. The Morgan fingerprint density at radius 1 is 0.973 bits per heavy atom. The van der Waals surface area contributed by atoms with Gasteiger partial charge in [0, 0.05) is 17.8 Å². The third-order valence-electron chi connectivity index (χ3n) is 7.36. The fraction of sp³-hybridized carbons (Fsp3) is 0.182. The zero-order valence-corrected chi connectivity index (χ0v) is 22.4. The highest BCUT2D eigenvalue weighted by atomic mass is 79.9. The van der Waals surface area contributed by atoms with Crippen molar-refractivity contribution in [2.75, 3.05) is 5.32 Å². The van der Waals surface area contributed by atoms with Crippen LogP contribution in [0.15, 0.2) is 113 Å². The average Bonchev–Trinajstić information content (AvgIpc) is 3.43. The van der Waals surface area contributed by atoms with Crippen LogP contribution < -0.4 is 10.1 Å². The van der Waals surface area contributed by atoms with Gasteiger partial charge in [0.1, 0.15) is 12.4 Å². The van der Waals surface area contributed by atoms with Gasteiger partial charge in [0.15, 0.2) is 0 Å². The van der Waals surface area contributed by atoms with Crippen molar-refractivity contribution in [1.82, 2.24) is 0 Å². The fourth-order valence-corrected chi connectivity index (χ4v) is 5.86. The molecule has 0 saturated carbocycles.